The van der Waals surface area contributed by atoms with E-state index in [0.717, 1.165) is 78.7 Å². The number of rotatable bonds is 14. The average molecular weight is 1310 g/mol. The van der Waals surface area contributed by atoms with E-state index < -0.39 is 19.1 Å². The number of Topliss-reactive ketones (excluding diaryl/α,β-unsaturated/α-hetero) is 1. The number of nitrogens with zero attached hydrogens (tertiary/aromatic N) is 3. The van der Waals surface area contributed by atoms with Crippen molar-refractivity contribution in [2.75, 3.05) is 68.3 Å². The van der Waals surface area contributed by atoms with E-state index >= 15 is 0 Å². The Morgan fingerprint density at radius 3 is 1.46 bits per heavy atom. The Labute approximate surface area is 545 Å². The second-order valence-electron chi connectivity index (χ2n) is 23.3. The number of aliphatic hydroxyl groups excluding tert-OH is 1. The summed E-state index contributed by atoms with van der Waals surface area (Å²) in [6, 6.07) is 41.6. The van der Waals surface area contributed by atoms with E-state index in [2.05, 4.69) is 65.2 Å². The van der Waals surface area contributed by atoms with Crippen molar-refractivity contribution in [3.8, 4) is 0 Å². The molecule has 0 aromatic heterocycles. The van der Waals surface area contributed by atoms with Crippen LogP contribution in [-0.4, -0.2) is 181 Å². The van der Waals surface area contributed by atoms with E-state index in [-0.39, 0.29) is 72.3 Å². The van der Waals surface area contributed by atoms with Crippen LogP contribution in [-0.2, 0) is 63.4 Å². The van der Waals surface area contributed by atoms with Gasteiger partial charge in [0.1, 0.15) is 5.78 Å². The zero-order valence-corrected chi connectivity index (χ0v) is 54.4. The SMILES string of the molecule is CO.COC(=O)C=C1CC2CC1CN2C(=O)OB=N.COC(=O)C=P(c1ccccc1)(c1ccccc1)c1ccccc1.COC(=O)CC1CC2CC1CN2.COC(=O)CC1CC2CC1CN2C(=O)OB=N.Cl.O=C1CC2CC1CN2C(=O)OCCc1ccccc1. The number of aliphatic hydroxyl groups is 1. The van der Waals surface area contributed by atoms with Gasteiger partial charge < -0.3 is 29.5 Å². The molecule has 4 saturated carbocycles. The van der Waals surface area contributed by atoms with Crippen LogP contribution in [0.3, 0.4) is 0 Å². The molecule has 10 unspecified atom stereocenters. The monoisotopic (exact) mass is 1300 g/mol. The first-order valence-corrected chi connectivity index (χ1v) is 32.5. The number of methoxy groups -OCH3 is 4. The maximum atomic E-state index is 12.3. The summed E-state index contributed by atoms with van der Waals surface area (Å²) in [6.45, 7) is 1.00. The van der Waals surface area contributed by atoms with Crippen LogP contribution in [0.25, 0.3) is 0 Å². The van der Waals surface area contributed by atoms with Crippen LogP contribution in [0.5, 0.6) is 0 Å². The Kier molecular flexibility index (Phi) is 29.0. The first kappa shape index (κ1) is 73.3. The minimum Gasteiger partial charge on any atom is -0.449 e. The fourth-order valence-corrected chi connectivity index (χ4v) is 17.5. The summed E-state index contributed by atoms with van der Waals surface area (Å²) in [6.07, 6.45) is 9.17. The molecule has 0 radical (unpaired) electrons. The number of halogens is 1. The van der Waals surface area contributed by atoms with Gasteiger partial charge in [0.2, 0.25) is 0 Å². The molecule has 4 aromatic carbocycles. The maximum Gasteiger partial charge on any atom is 0.410 e. The molecule has 4 N–H and O–H groups in total. The third kappa shape index (κ3) is 19.2. The Balaban J connectivity index is 0.000000183. The average Bonchev–Trinajstić information content (AvgIpc) is 1.29. The molecule has 4 saturated heterocycles. The number of amides is 3. The number of benzene rings is 4. The minimum absolute atomic E-state index is 0. The third-order valence-electron chi connectivity index (χ3n) is 18.2. The summed E-state index contributed by atoms with van der Waals surface area (Å²) in [4.78, 5) is 96.9. The predicted octanol–water partition coefficient (Wildman–Crippen LogP) is 7.04. The van der Waals surface area contributed by atoms with Crippen LogP contribution < -0.4 is 21.2 Å². The Hall–Kier alpha value is -7.78. The number of likely N-dealkylation sites (tertiary alicyclic amines) is 3. The Morgan fingerprint density at radius 1 is 0.565 bits per heavy atom. The van der Waals surface area contributed by atoms with Crippen LogP contribution in [0.15, 0.2) is 133 Å². The standard InChI is InChI=1S/C21H19O2P.C15H17NO3.C10H15BN2O4.C10H13BN2O4.C9H15NO2.CH4O.ClH/c1-23-21(22)17-24(18-11-5-2-6-12-18,19-13-7-3-8-14-19)20-15-9-4-10-16-20;17-14-9-13-8-12(14)10-16(13)15(18)19-7-6-11-4-2-1-3-5-11;2*1-16-9(14)4-6-2-8-3-7(6)5-13(8)10(15)17-11-12;1-12-9(11)4-6-2-8-3-7(6)5-10-8;1-2;/h2-17H,1H3;1-5,12-13H,6-10H2;6-8,12H,2-5H2,1H3;4,7-8,12H,2-3,5H2,1H3;6-8,10H,2-5H2,1H3;2H,1H3;1H. The second kappa shape index (κ2) is 36.5. The van der Waals surface area contributed by atoms with E-state index in [1.807, 2.05) is 84.9 Å². The van der Waals surface area contributed by atoms with Gasteiger partial charge >= 0.3 is 216 Å². The third-order valence-corrected chi connectivity index (χ3v) is 22.1. The molecule has 4 aromatic rings. The number of carbonyl (C=O) groups is 8. The predicted molar refractivity (Wildman–Crippen MR) is 350 cm³/mol. The summed E-state index contributed by atoms with van der Waals surface area (Å²) in [7, 11) is 7.92. The van der Waals surface area contributed by atoms with E-state index in [1.54, 1.807) is 20.5 Å². The Morgan fingerprint density at radius 2 is 1.04 bits per heavy atom. The van der Waals surface area contributed by atoms with Crippen molar-refractivity contribution in [1.29, 1.82) is 10.6 Å². The number of hydrogen-bond acceptors (Lipinski definition) is 19. The summed E-state index contributed by atoms with van der Waals surface area (Å²) in [5.74, 6) is 3.46. The number of fused-ring (bicyclic) bond motifs is 8. The van der Waals surface area contributed by atoms with Gasteiger partial charge in [-0.1, -0.05) is 121 Å². The van der Waals surface area contributed by atoms with Gasteiger partial charge in [-0.15, -0.1) is 12.4 Å². The molecule has 492 valence electrons. The first-order valence-electron chi connectivity index (χ1n) is 30.6. The summed E-state index contributed by atoms with van der Waals surface area (Å²) in [5, 5.41) is 27.3. The van der Waals surface area contributed by atoms with Gasteiger partial charge in [0.15, 0.2) is 0 Å². The molecular weight excluding hydrogens is 1220 g/mol. The van der Waals surface area contributed by atoms with E-state index in [1.165, 1.54) is 47.4 Å². The molecule has 4 heterocycles. The van der Waals surface area contributed by atoms with Gasteiger partial charge in [0.05, 0.1) is 20.8 Å². The first-order chi connectivity index (χ1) is 44.1. The smallest absolute Gasteiger partial charge is 0.410 e. The normalized spacial score (nSPS) is 23.8. The maximum absolute atomic E-state index is 12.3. The van der Waals surface area contributed by atoms with Crippen LogP contribution >= 0.6 is 19.3 Å². The topological polar surface area (TPSA) is 291 Å². The van der Waals surface area contributed by atoms with Crippen molar-refractivity contribution in [3.63, 3.8) is 0 Å². The van der Waals surface area contributed by atoms with Crippen LogP contribution in [0.4, 0.5) is 14.4 Å². The molecule has 4 aliphatic carbocycles. The molecule has 26 heteroatoms. The number of nitrogens with one attached hydrogen (secondary N) is 3. The molecule has 3 amide bonds. The van der Waals surface area contributed by atoms with Gasteiger partial charge in [0, 0.05) is 56.7 Å². The Bertz CT molecular complexity index is 3130. The van der Waals surface area contributed by atoms with Gasteiger partial charge in [-0.2, -0.15) is 0 Å². The summed E-state index contributed by atoms with van der Waals surface area (Å²) < 4.78 is 33.3. The van der Waals surface area contributed by atoms with Gasteiger partial charge in [-0.25, -0.2) is 9.59 Å². The van der Waals surface area contributed by atoms with E-state index in [4.69, 9.17) is 25.2 Å². The molecule has 10 atom stereocenters. The number of ketones is 1. The quantitative estimate of drug-likeness (QED) is 0.0324. The number of hydrogen-bond donors (Lipinski definition) is 4. The van der Waals surface area contributed by atoms with Crippen molar-refractivity contribution in [3.05, 3.63) is 139 Å². The summed E-state index contributed by atoms with van der Waals surface area (Å²) >= 11 is 0. The molecule has 4 aliphatic heterocycles. The van der Waals surface area contributed by atoms with Crippen molar-refractivity contribution >= 4 is 103 Å². The van der Waals surface area contributed by atoms with Crippen molar-refractivity contribution < 1.29 is 76.5 Å². The second-order valence-corrected chi connectivity index (χ2v) is 26.5. The fourth-order valence-electron chi connectivity index (χ4n) is 13.8. The fraction of sp³-hybridized carbons (Fsp3) is 0.470. The zero-order chi connectivity index (χ0) is 65.5. The van der Waals surface area contributed by atoms with E-state index in [0.29, 0.717) is 96.1 Å². The number of piperidine rings is 4. The molecule has 12 rings (SSSR count). The van der Waals surface area contributed by atoms with Crippen LogP contribution in [0.2, 0.25) is 0 Å². The molecular formula is C66H84B2ClN6O16P. The van der Waals surface area contributed by atoms with Crippen molar-refractivity contribution in [1.82, 2.24) is 20.0 Å². The van der Waals surface area contributed by atoms with Gasteiger partial charge in [-0.05, 0) is 66.0 Å². The van der Waals surface area contributed by atoms with Gasteiger partial charge in [-0.3, -0.25) is 9.59 Å². The summed E-state index contributed by atoms with van der Waals surface area (Å²) in [5.41, 5.74) is 2.20. The van der Waals surface area contributed by atoms with E-state index in [9.17, 15) is 38.4 Å². The van der Waals surface area contributed by atoms with Gasteiger partial charge in [0.25, 0.3) is 0 Å². The molecule has 0 spiro atoms. The number of carbonyl (C=O) groups excluding carboxylic acids is 8. The molecule has 8 aliphatic rings. The zero-order valence-electron chi connectivity index (χ0n) is 52.7. The minimum atomic E-state index is -2.23. The van der Waals surface area contributed by atoms with Crippen LogP contribution in [0, 0.1) is 46.1 Å². The number of ether oxygens (including phenoxy) is 5. The largest absolute Gasteiger partial charge is 0.449 e. The molecule has 8 bridgehead atoms. The van der Waals surface area contributed by atoms with Crippen LogP contribution in [0.1, 0.15) is 69.8 Å². The van der Waals surface area contributed by atoms with Crippen molar-refractivity contribution in [2.45, 2.75) is 94.8 Å². The molecule has 92 heavy (non-hydrogen) atoms. The van der Waals surface area contributed by atoms with Crippen molar-refractivity contribution in [2.24, 2.45) is 35.5 Å². The molecule has 22 nitrogen and oxygen atoms in total. The molecule has 8 fully saturated rings. The number of esters is 4.